The molecular weight excluding hydrogens is 264 g/mol. The first-order chi connectivity index (χ1) is 8.98. The van der Waals surface area contributed by atoms with Crippen LogP contribution in [-0.4, -0.2) is 48.2 Å². The predicted molar refractivity (Wildman–Crippen MR) is 73.4 cm³/mol. The van der Waals surface area contributed by atoms with Gasteiger partial charge in [-0.3, -0.25) is 4.68 Å². The van der Waals surface area contributed by atoms with E-state index in [9.17, 15) is 8.42 Å². The molecule has 1 atom stereocenters. The second-order valence-electron chi connectivity index (χ2n) is 4.98. The lowest BCUT2D eigenvalue weighted by Crippen LogP contribution is -2.42. The normalized spacial score (nSPS) is 20.3. The first kappa shape index (κ1) is 14.5. The summed E-state index contributed by atoms with van der Waals surface area (Å²) < 4.78 is 28.8. The van der Waals surface area contributed by atoms with Gasteiger partial charge in [-0.1, -0.05) is 6.92 Å². The van der Waals surface area contributed by atoms with Crippen molar-refractivity contribution in [2.45, 2.75) is 37.6 Å². The van der Waals surface area contributed by atoms with Crippen LogP contribution in [0.2, 0.25) is 0 Å². The van der Waals surface area contributed by atoms with Gasteiger partial charge in [0.2, 0.25) is 10.0 Å². The van der Waals surface area contributed by atoms with Crippen molar-refractivity contribution in [3.63, 3.8) is 0 Å². The molecule has 0 aromatic carbocycles. The molecule has 0 bridgehead atoms. The summed E-state index contributed by atoms with van der Waals surface area (Å²) in [5.74, 6) is 0. The van der Waals surface area contributed by atoms with Gasteiger partial charge >= 0.3 is 0 Å². The molecule has 1 saturated heterocycles. The van der Waals surface area contributed by atoms with Crippen LogP contribution in [0.25, 0.3) is 0 Å². The van der Waals surface area contributed by atoms with Crippen LogP contribution in [0.4, 0.5) is 0 Å². The van der Waals surface area contributed by atoms with Crippen molar-refractivity contribution in [1.29, 1.82) is 0 Å². The summed E-state index contributed by atoms with van der Waals surface area (Å²) in [7, 11) is -1.69. The summed E-state index contributed by atoms with van der Waals surface area (Å²) >= 11 is 0. The van der Waals surface area contributed by atoms with Gasteiger partial charge in [0.25, 0.3) is 0 Å². The van der Waals surface area contributed by atoms with Crippen LogP contribution in [0, 0.1) is 6.92 Å². The summed E-state index contributed by atoms with van der Waals surface area (Å²) in [6, 6.07) is 0.0598. The zero-order valence-corrected chi connectivity index (χ0v) is 12.6. The number of aromatic nitrogens is 2. The highest BCUT2D eigenvalue weighted by Crippen LogP contribution is 2.23. The molecule has 1 N–H and O–H groups in total. The van der Waals surface area contributed by atoms with Crippen molar-refractivity contribution in [2.75, 3.05) is 19.6 Å². The van der Waals surface area contributed by atoms with Gasteiger partial charge in [-0.05, 0) is 26.3 Å². The standard InChI is InChI=1S/C12H22N4O2S/c1-4-7-16(11-5-6-13-8-11)19(17,18)12-9-14-15(3)10(12)2/h9,11,13H,4-8H2,1-3H3. The van der Waals surface area contributed by atoms with E-state index in [-0.39, 0.29) is 6.04 Å². The molecule has 0 aliphatic carbocycles. The second-order valence-corrected chi connectivity index (χ2v) is 6.84. The minimum Gasteiger partial charge on any atom is -0.315 e. The van der Waals surface area contributed by atoms with E-state index in [4.69, 9.17) is 0 Å². The fourth-order valence-electron chi connectivity index (χ4n) is 2.46. The van der Waals surface area contributed by atoms with Crippen LogP contribution in [0.15, 0.2) is 11.1 Å². The molecule has 19 heavy (non-hydrogen) atoms. The lowest BCUT2D eigenvalue weighted by molar-refractivity contribution is 0.335. The lowest BCUT2D eigenvalue weighted by atomic mass is 10.2. The third-order valence-electron chi connectivity index (χ3n) is 3.66. The molecule has 108 valence electrons. The Balaban J connectivity index is 2.36. The number of hydrogen-bond acceptors (Lipinski definition) is 4. The Morgan fingerprint density at radius 1 is 1.58 bits per heavy atom. The van der Waals surface area contributed by atoms with Crippen molar-refractivity contribution in [3.05, 3.63) is 11.9 Å². The molecular formula is C12H22N4O2S. The van der Waals surface area contributed by atoms with Gasteiger partial charge in [0.15, 0.2) is 0 Å². The molecule has 1 aromatic heterocycles. The van der Waals surface area contributed by atoms with Gasteiger partial charge in [0.05, 0.1) is 11.9 Å². The van der Waals surface area contributed by atoms with Crippen molar-refractivity contribution in [2.24, 2.45) is 7.05 Å². The molecule has 2 rings (SSSR count). The Bertz CT molecular complexity index is 532. The van der Waals surface area contributed by atoms with Gasteiger partial charge in [-0.15, -0.1) is 0 Å². The largest absolute Gasteiger partial charge is 0.315 e. The molecule has 0 radical (unpaired) electrons. The van der Waals surface area contributed by atoms with Gasteiger partial charge in [-0.2, -0.15) is 9.40 Å². The van der Waals surface area contributed by atoms with E-state index in [1.54, 1.807) is 23.0 Å². The SMILES string of the molecule is CCCN(C1CCNC1)S(=O)(=O)c1cnn(C)c1C. The maximum absolute atomic E-state index is 12.8. The van der Waals surface area contributed by atoms with Crippen LogP contribution in [-0.2, 0) is 17.1 Å². The van der Waals surface area contributed by atoms with Crippen LogP contribution in [0.3, 0.4) is 0 Å². The van der Waals surface area contributed by atoms with Crippen molar-refractivity contribution < 1.29 is 8.42 Å². The van der Waals surface area contributed by atoms with Crippen molar-refractivity contribution in [3.8, 4) is 0 Å². The molecule has 1 unspecified atom stereocenters. The number of rotatable bonds is 5. The maximum atomic E-state index is 12.8. The zero-order chi connectivity index (χ0) is 14.0. The van der Waals surface area contributed by atoms with E-state index >= 15 is 0 Å². The highest BCUT2D eigenvalue weighted by Gasteiger charge is 2.34. The fraction of sp³-hybridized carbons (Fsp3) is 0.750. The lowest BCUT2D eigenvalue weighted by Gasteiger charge is -2.27. The van der Waals surface area contributed by atoms with Crippen LogP contribution >= 0.6 is 0 Å². The molecule has 1 aliphatic heterocycles. The quantitative estimate of drug-likeness (QED) is 0.855. The Morgan fingerprint density at radius 2 is 2.32 bits per heavy atom. The minimum atomic E-state index is -3.45. The average Bonchev–Trinajstić information content (AvgIpc) is 2.98. The highest BCUT2D eigenvalue weighted by atomic mass is 32.2. The van der Waals surface area contributed by atoms with Crippen molar-refractivity contribution >= 4 is 10.0 Å². The molecule has 0 amide bonds. The first-order valence-corrected chi connectivity index (χ1v) is 8.13. The average molecular weight is 286 g/mol. The van der Waals surface area contributed by atoms with Gasteiger partial charge in [-0.25, -0.2) is 8.42 Å². The van der Waals surface area contributed by atoms with Crippen LogP contribution in [0.1, 0.15) is 25.5 Å². The van der Waals surface area contributed by atoms with Crippen LogP contribution < -0.4 is 5.32 Å². The number of aryl methyl sites for hydroxylation is 1. The molecule has 2 heterocycles. The Morgan fingerprint density at radius 3 is 2.79 bits per heavy atom. The predicted octanol–water partition coefficient (Wildman–Crippen LogP) is 0.491. The molecule has 6 nitrogen and oxygen atoms in total. The first-order valence-electron chi connectivity index (χ1n) is 6.69. The zero-order valence-electron chi connectivity index (χ0n) is 11.8. The number of nitrogens with zero attached hydrogens (tertiary/aromatic N) is 3. The van der Waals surface area contributed by atoms with E-state index in [0.29, 0.717) is 17.1 Å². The monoisotopic (exact) mass is 286 g/mol. The minimum absolute atomic E-state index is 0.0598. The summed E-state index contributed by atoms with van der Waals surface area (Å²) in [5, 5.41) is 7.27. The molecule has 1 fully saturated rings. The van der Waals surface area contributed by atoms with Crippen LogP contribution in [0.5, 0.6) is 0 Å². The van der Waals surface area contributed by atoms with Gasteiger partial charge in [0, 0.05) is 26.2 Å². The smallest absolute Gasteiger partial charge is 0.246 e. The molecule has 7 heteroatoms. The molecule has 1 aliphatic rings. The van der Waals surface area contributed by atoms with E-state index in [0.717, 1.165) is 25.9 Å². The summed E-state index contributed by atoms with van der Waals surface area (Å²) in [5.41, 5.74) is 0.687. The maximum Gasteiger partial charge on any atom is 0.246 e. The summed E-state index contributed by atoms with van der Waals surface area (Å²) in [6.07, 6.45) is 3.14. The highest BCUT2D eigenvalue weighted by molar-refractivity contribution is 7.89. The third kappa shape index (κ3) is 2.68. The van der Waals surface area contributed by atoms with E-state index in [2.05, 4.69) is 10.4 Å². The van der Waals surface area contributed by atoms with E-state index in [1.807, 2.05) is 6.92 Å². The summed E-state index contributed by atoms with van der Waals surface area (Å²) in [6.45, 7) is 5.96. The van der Waals surface area contributed by atoms with Gasteiger partial charge in [0.1, 0.15) is 4.90 Å². The third-order valence-corrected chi connectivity index (χ3v) is 5.72. The Hall–Kier alpha value is -0.920. The van der Waals surface area contributed by atoms with E-state index < -0.39 is 10.0 Å². The molecule has 1 aromatic rings. The number of sulfonamides is 1. The molecule has 0 spiro atoms. The Labute approximate surface area is 114 Å². The second kappa shape index (κ2) is 5.60. The number of nitrogens with one attached hydrogen (secondary N) is 1. The molecule has 0 saturated carbocycles. The van der Waals surface area contributed by atoms with Crippen molar-refractivity contribution in [1.82, 2.24) is 19.4 Å². The van der Waals surface area contributed by atoms with E-state index in [1.165, 1.54) is 6.20 Å². The topological polar surface area (TPSA) is 67.2 Å². The number of hydrogen-bond donors (Lipinski definition) is 1. The van der Waals surface area contributed by atoms with Gasteiger partial charge < -0.3 is 5.32 Å². The summed E-state index contributed by atoms with van der Waals surface area (Å²) in [4.78, 5) is 0.329. The Kier molecular flexibility index (Phi) is 4.27. The fourth-order valence-corrected chi connectivity index (χ4v) is 4.40.